The van der Waals surface area contributed by atoms with Crippen LogP contribution in [0.25, 0.3) is 11.3 Å². The molecule has 0 atom stereocenters. The lowest BCUT2D eigenvalue weighted by Gasteiger charge is -2.10. The number of para-hydroxylation sites is 2. The van der Waals surface area contributed by atoms with Crippen LogP contribution in [0.1, 0.15) is 5.01 Å². The molecule has 1 aromatic carbocycles. The average Bonchev–Trinajstić information content (AvgIpc) is 3.14. The van der Waals surface area contributed by atoms with Crippen LogP contribution < -0.4 is 14.8 Å². The lowest BCUT2D eigenvalue weighted by atomic mass is 10.2. The predicted molar refractivity (Wildman–Crippen MR) is 95.7 cm³/mol. The topological polar surface area (TPSA) is 73.3 Å². The van der Waals surface area contributed by atoms with Gasteiger partial charge in [-0.3, -0.25) is 9.78 Å². The van der Waals surface area contributed by atoms with E-state index in [9.17, 15) is 4.79 Å². The van der Waals surface area contributed by atoms with Crippen LogP contribution in [0, 0.1) is 0 Å². The third-order valence-electron chi connectivity index (χ3n) is 3.37. The molecule has 6 nitrogen and oxygen atoms in total. The van der Waals surface area contributed by atoms with Crippen molar-refractivity contribution in [1.29, 1.82) is 0 Å². The molecule has 0 fully saturated rings. The second-order valence-electron chi connectivity index (χ2n) is 5.08. The minimum absolute atomic E-state index is 0.0821. The van der Waals surface area contributed by atoms with E-state index in [1.54, 1.807) is 31.6 Å². The Labute approximate surface area is 149 Å². The van der Waals surface area contributed by atoms with Crippen LogP contribution in [-0.2, 0) is 11.3 Å². The maximum absolute atomic E-state index is 12.0. The second kappa shape index (κ2) is 8.25. The summed E-state index contributed by atoms with van der Waals surface area (Å²) in [6.07, 6.45) is 3.48. The predicted octanol–water partition coefficient (Wildman–Crippen LogP) is 2.91. The SMILES string of the molecule is COc1ccccc1OCC(=O)NCc1nc(-c2cccnc2)cs1. The van der Waals surface area contributed by atoms with Crippen LogP contribution in [0.2, 0.25) is 0 Å². The molecule has 25 heavy (non-hydrogen) atoms. The van der Waals surface area contributed by atoms with Crippen LogP contribution in [0.15, 0.2) is 54.2 Å². The number of nitrogens with zero attached hydrogens (tertiary/aromatic N) is 2. The van der Waals surface area contributed by atoms with Gasteiger partial charge in [-0.1, -0.05) is 12.1 Å². The van der Waals surface area contributed by atoms with Gasteiger partial charge in [0.05, 0.1) is 19.3 Å². The van der Waals surface area contributed by atoms with E-state index in [1.165, 1.54) is 11.3 Å². The summed E-state index contributed by atoms with van der Waals surface area (Å²) in [7, 11) is 1.56. The molecule has 3 aromatic rings. The molecule has 0 saturated heterocycles. The van der Waals surface area contributed by atoms with Crippen molar-refractivity contribution in [3.8, 4) is 22.8 Å². The Morgan fingerprint density at radius 2 is 2.04 bits per heavy atom. The highest BCUT2D eigenvalue weighted by Crippen LogP contribution is 2.25. The Morgan fingerprint density at radius 1 is 1.20 bits per heavy atom. The van der Waals surface area contributed by atoms with Gasteiger partial charge in [-0.25, -0.2) is 4.98 Å². The van der Waals surface area contributed by atoms with Crippen molar-refractivity contribution < 1.29 is 14.3 Å². The molecule has 2 heterocycles. The first-order chi connectivity index (χ1) is 12.3. The molecule has 0 unspecified atom stereocenters. The molecular weight excluding hydrogens is 338 g/mol. The Morgan fingerprint density at radius 3 is 2.80 bits per heavy atom. The van der Waals surface area contributed by atoms with Crippen molar-refractivity contribution in [2.45, 2.75) is 6.54 Å². The molecule has 128 valence electrons. The quantitative estimate of drug-likeness (QED) is 0.705. The van der Waals surface area contributed by atoms with Crippen molar-refractivity contribution in [2.24, 2.45) is 0 Å². The summed E-state index contributed by atoms with van der Waals surface area (Å²) in [5.74, 6) is 0.911. The fourth-order valence-electron chi connectivity index (χ4n) is 2.15. The van der Waals surface area contributed by atoms with Crippen LogP contribution in [0.5, 0.6) is 11.5 Å². The number of pyridine rings is 1. The molecule has 0 aliphatic rings. The zero-order valence-electron chi connectivity index (χ0n) is 13.6. The number of carbonyl (C=O) groups excluding carboxylic acids is 1. The minimum atomic E-state index is -0.218. The molecule has 0 aliphatic carbocycles. The molecule has 0 aliphatic heterocycles. The van der Waals surface area contributed by atoms with E-state index in [1.807, 2.05) is 29.6 Å². The number of methoxy groups -OCH3 is 1. The summed E-state index contributed by atoms with van der Waals surface area (Å²) in [5, 5.41) is 5.57. The summed E-state index contributed by atoms with van der Waals surface area (Å²) in [4.78, 5) is 20.5. The molecule has 1 N–H and O–H groups in total. The number of thiazole rings is 1. The molecule has 0 spiro atoms. The van der Waals surface area contributed by atoms with Gasteiger partial charge in [0.25, 0.3) is 5.91 Å². The van der Waals surface area contributed by atoms with Crippen LogP contribution in [0.4, 0.5) is 0 Å². The van der Waals surface area contributed by atoms with Gasteiger partial charge in [0.2, 0.25) is 0 Å². The van der Waals surface area contributed by atoms with Crippen molar-refractivity contribution in [3.05, 3.63) is 59.2 Å². The molecule has 0 saturated carbocycles. The second-order valence-corrected chi connectivity index (χ2v) is 6.03. The molecular formula is C18H17N3O3S. The van der Waals surface area contributed by atoms with Crippen molar-refractivity contribution >= 4 is 17.2 Å². The summed E-state index contributed by atoms with van der Waals surface area (Å²) in [6, 6.07) is 11.0. The van der Waals surface area contributed by atoms with Gasteiger partial charge in [0.1, 0.15) is 5.01 Å². The Kier molecular flexibility index (Phi) is 5.58. The van der Waals surface area contributed by atoms with E-state index in [2.05, 4.69) is 15.3 Å². The highest BCUT2D eigenvalue weighted by atomic mass is 32.1. The zero-order valence-corrected chi connectivity index (χ0v) is 14.5. The molecule has 7 heteroatoms. The van der Waals surface area contributed by atoms with Crippen LogP contribution >= 0.6 is 11.3 Å². The summed E-state index contributed by atoms with van der Waals surface area (Å²) < 4.78 is 10.7. The smallest absolute Gasteiger partial charge is 0.258 e. The van der Waals surface area contributed by atoms with Crippen molar-refractivity contribution in [3.63, 3.8) is 0 Å². The van der Waals surface area contributed by atoms with Gasteiger partial charge in [0, 0.05) is 23.3 Å². The van der Waals surface area contributed by atoms with Gasteiger partial charge in [-0.2, -0.15) is 0 Å². The number of nitrogens with one attached hydrogen (secondary N) is 1. The van der Waals surface area contributed by atoms with Crippen LogP contribution in [0.3, 0.4) is 0 Å². The highest BCUT2D eigenvalue weighted by Gasteiger charge is 2.09. The Bertz CT molecular complexity index is 836. The maximum atomic E-state index is 12.0. The highest BCUT2D eigenvalue weighted by molar-refractivity contribution is 7.09. The third-order valence-corrected chi connectivity index (χ3v) is 4.22. The van der Waals surface area contributed by atoms with E-state index < -0.39 is 0 Å². The van der Waals surface area contributed by atoms with E-state index in [-0.39, 0.29) is 12.5 Å². The Balaban J connectivity index is 1.50. The van der Waals surface area contributed by atoms with Gasteiger partial charge in [-0.05, 0) is 24.3 Å². The third kappa shape index (κ3) is 4.54. The van der Waals surface area contributed by atoms with Gasteiger partial charge in [0.15, 0.2) is 18.1 Å². The van der Waals surface area contributed by atoms with Crippen molar-refractivity contribution in [2.75, 3.05) is 13.7 Å². The lowest BCUT2D eigenvalue weighted by Crippen LogP contribution is -2.28. The lowest BCUT2D eigenvalue weighted by molar-refractivity contribution is -0.123. The summed E-state index contributed by atoms with van der Waals surface area (Å²) >= 11 is 1.49. The zero-order chi connectivity index (χ0) is 17.5. The standard InChI is InChI=1S/C18H17N3O3S/c1-23-15-6-2-3-7-16(15)24-11-17(22)20-10-18-21-14(12-25-18)13-5-4-8-19-9-13/h2-9,12H,10-11H2,1H3,(H,20,22). The van der Waals surface area contributed by atoms with Gasteiger partial charge >= 0.3 is 0 Å². The number of carbonyl (C=O) groups is 1. The summed E-state index contributed by atoms with van der Waals surface area (Å²) in [6.45, 7) is 0.278. The number of hydrogen-bond acceptors (Lipinski definition) is 6. The van der Waals surface area contributed by atoms with E-state index in [0.29, 0.717) is 18.0 Å². The Hall–Kier alpha value is -2.93. The summed E-state index contributed by atoms with van der Waals surface area (Å²) in [5.41, 5.74) is 1.81. The molecule has 1 amide bonds. The maximum Gasteiger partial charge on any atom is 0.258 e. The fraction of sp³-hybridized carbons (Fsp3) is 0.167. The number of amides is 1. The normalized spacial score (nSPS) is 10.3. The first kappa shape index (κ1) is 16.9. The number of aromatic nitrogens is 2. The molecule has 2 aromatic heterocycles. The monoisotopic (exact) mass is 355 g/mol. The van der Waals surface area contributed by atoms with Gasteiger partial charge < -0.3 is 14.8 Å². The first-order valence-corrected chi connectivity index (χ1v) is 8.51. The molecule has 0 radical (unpaired) electrons. The molecule has 3 rings (SSSR count). The fourth-order valence-corrected chi connectivity index (χ4v) is 2.89. The van der Waals surface area contributed by atoms with Crippen molar-refractivity contribution in [1.82, 2.24) is 15.3 Å². The number of hydrogen-bond donors (Lipinski definition) is 1. The van der Waals surface area contributed by atoms with Crippen LogP contribution in [-0.4, -0.2) is 29.6 Å². The van der Waals surface area contributed by atoms with E-state index in [4.69, 9.17) is 9.47 Å². The first-order valence-electron chi connectivity index (χ1n) is 7.63. The largest absolute Gasteiger partial charge is 0.493 e. The average molecular weight is 355 g/mol. The molecule has 0 bridgehead atoms. The van der Waals surface area contributed by atoms with E-state index >= 15 is 0 Å². The number of rotatable bonds is 7. The van der Waals surface area contributed by atoms with E-state index in [0.717, 1.165) is 16.3 Å². The van der Waals surface area contributed by atoms with Gasteiger partial charge in [-0.15, -0.1) is 11.3 Å². The number of benzene rings is 1. The minimum Gasteiger partial charge on any atom is -0.493 e. The number of ether oxygens (including phenoxy) is 2.